The molecule has 5 rings (SSSR count). The quantitative estimate of drug-likeness (QED) is 0.699. The Kier molecular flexibility index (Phi) is 4.18. The molecule has 0 bridgehead atoms. The highest BCUT2D eigenvalue weighted by atomic mass is 16.1. The number of aromatic nitrogens is 5. The van der Waals surface area contributed by atoms with Crippen LogP contribution < -0.4 is 10.6 Å². The van der Waals surface area contributed by atoms with E-state index in [1.807, 2.05) is 30.7 Å². The monoisotopic (exact) mass is 378 g/mol. The predicted octanol–water partition coefficient (Wildman–Crippen LogP) is 2.24. The molecule has 7 heteroatoms. The van der Waals surface area contributed by atoms with E-state index in [9.17, 15) is 4.79 Å². The minimum atomic E-state index is 0.0281. The number of piperidine rings is 1. The molecular weight excluding hydrogens is 352 g/mol. The zero-order chi connectivity index (χ0) is 19.3. The molecule has 2 aliphatic rings. The first-order valence-electron chi connectivity index (χ1n) is 10.2. The molecule has 1 aliphatic carbocycles. The third kappa shape index (κ3) is 2.80. The van der Waals surface area contributed by atoms with E-state index in [2.05, 4.69) is 14.9 Å². The van der Waals surface area contributed by atoms with Crippen molar-refractivity contribution in [3.05, 3.63) is 45.9 Å². The number of hydrogen-bond acceptors (Lipinski definition) is 5. The van der Waals surface area contributed by atoms with E-state index in [1.165, 1.54) is 17.7 Å². The molecule has 0 atom stereocenters. The predicted molar refractivity (Wildman–Crippen MR) is 109 cm³/mol. The van der Waals surface area contributed by atoms with Crippen molar-refractivity contribution in [2.75, 3.05) is 18.0 Å². The van der Waals surface area contributed by atoms with Crippen molar-refractivity contribution in [1.82, 2.24) is 24.1 Å². The van der Waals surface area contributed by atoms with Crippen LogP contribution in [0.25, 0.3) is 11.2 Å². The number of pyridine rings is 1. The lowest BCUT2D eigenvalue weighted by atomic mass is 9.96. The lowest BCUT2D eigenvalue weighted by Gasteiger charge is -2.34. The fourth-order valence-corrected chi connectivity index (χ4v) is 4.78. The molecular formula is C21H26N6O. The molecule has 0 aromatic carbocycles. The van der Waals surface area contributed by atoms with E-state index < -0.39 is 0 Å². The van der Waals surface area contributed by atoms with Crippen LogP contribution in [0.15, 0.2) is 23.1 Å². The second-order valence-corrected chi connectivity index (χ2v) is 8.10. The summed E-state index contributed by atoms with van der Waals surface area (Å²) in [7, 11) is 1.82. The standard InChI is InChI=1S/C21H26N6O/c1-14-23-17-6-3-5-16(17)19(24-14)26-11-8-15(9-12-26)13-27-20-18(7-4-10-22-20)25(2)21(27)28/h4,7,10,15H,3,5-6,8-9,11-13H2,1-2H3. The van der Waals surface area contributed by atoms with Crippen LogP contribution in [0, 0.1) is 12.8 Å². The Labute approximate surface area is 164 Å². The summed E-state index contributed by atoms with van der Waals surface area (Å²) >= 11 is 0. The third-order valence-electron chi connectivity index (χ3n) is 6.28. The van der Waals surface area contributed by atoms with Gasteiger partial charge >= 0.3 is 5.69 Å². The Morgan fingerprint density at radius 3 is 2.82 bits per heavy atom. The number of rotatable bonds is 3. The Morgan fingerprint density at radius 2 is 2.00 bits per heavy atom. The molecule has 3 aromatic rings. The Balaban J connectivity index is 1.34. The number of hydrogen-bond donors (Lipinski definition) is 0. The SMILES string of the molecule is Cc1nc2c(c(N3CCC(Cn4c(=O)n(C)c5cccnc54)CC3)n1)CCC2. The van der Waals surface area contributed by atoms with Gasteiger partial charge in [-0.2, -0.15) is 0 Å². The molecule has 28 heavy (non-hydrogen) atoms. The van der Waals surface area contributed by atoms with Crippen LogP contribution in [-0.2, 0) is 26.4 Å². The summed E-state index contributed by atoms with van der Waals surface area (Å²) in [6.07, 6.45) is 7.26. The molecule has 0 amide bonds. The summed E-state index contributed by atoms with van der Waals surface area (Å²) < 4.78 is 3.55. The normalized spacial score (nSPS) is 17.4. The van der Waals surface area contributed by atoms with Gasteiger partial charge in [-0.05, 0) is 57.1 Å². The lowest BCUT2D eigenvalue weighted by molar-refractivity contribution is 0.353. The van der Waals surface area contributed by atoms with Crippen LogP contribution in [0.2, 0.25) is 0 Å². The van der Waals surface area contributed by atoms with Gasteiger partial charge in [0.2, 0.25) is 0 Å². The molecule has 1 aliphatic heterocycles. The summed E-state index contributed by atoms with van der Waals surface area (Å²) in [5.74, 6) is 2.52. The molecule has 0 saturated carbocycles. The number of nitrogens with zero attached hydrogens (tertiary/aromatic N) is 6. The van der Waals surface area contributed by atoms with Gasteiger partial charge in [0, 0.05) is 44.1 Å². The Morgan fingerprint density at radius 1 is 1.18 bits per heavy atom. The van der Waals surface area contributed by atoms with Crippen LogP contribution in [0.5, 0.6) is 0 Å². The first-order valence-corrected chi connectivity index (χ1v) is 10.2. The first-order chi connectivity index (χ1) is 13.6. The van der Waals surface area contributed by atoms with Crippen molar-refractivity contribution in [2.45, 2.75) is 45.6 Å². The van der Waals surface area contributed by atoms with Gasteiger partial charge in [-0.1, -0.05) is 0 Å². The Hall–Kier alpha value is -2.70. The van der Waals surface area contributed by atoms with Crippen LogP contribution in [0.3, 0.4) is 0 Å². The number of anilines is 1. The summed E-state index contributed by atoms with van der Waals surface area (Å²) in [4.78, 5) is 29.0. The molecule has 0 unspecified atom stereocenters. The van der Waals surface area contributed by atoms with E-state index in [0.717, 1.165) is 68.1 Å². The van der Waals surface area contributed by atoms with E-state index in [4.69, 9.17) is 4.98 Å². The van der Waals surface area contributed by atoms with Gasteiger partial charge in [0.15, 0.2) is 5.65 Å². The second kappa shape index (κ2) is 6.72. The zero-order valence-corrected chi connectivity index (χ0v) is 16.6. The summed E-state index contributed by atoms with van der Waals surface area (Å²) in [5, 5.41) is 0. The van der Waals surface area contributed by atoms with E-state index in [-0.39, 0.29) is 5.69 Å². The highest BCUT2D eigenvalue weighted by Crippen LogP contribution is 2.31. The lowest BCUT2D eigenvalue weighted by Crippen LogP contribution is -2.37. The fraction of sp³-hybridized carbons (Fsp3) is 0.524. The van der Waals surface area contributed by atoms with E-state index >= 15 is 0 Å². The van der Waals surface area contributed by atoms with Gasteiger partial charge in [-0.25, -0.2) is 19.7 Å². The fourth-order valence-electron chi connectivity index (χ4n) is 4.78. The topological polar surface area (TPSA) is 68.8 Å². The highest BCUT2D eigenvalue weighted by molar-refractivity contribution is 5.71. The van der Waals surface area contributed by atoms with Crippen molar-refractivity contribution in [1.29, 1.82) is 0 Å². The van der Waals surface area contributed by atoms with Crippen LogP contribution in [0.4, 0.5) is 5.82 Å². The van der Waals surface area contributed by atoms with Gasteiger partial charge in [0.1, 0.15) is 11.6 Å². The maximum Gasteiger partial charge on any atom is 0.330 e. The summed E-state index contributed by atoms with van der Waals surface area (Å²) in [6.45, 7) is 4.71. The highest BCUT2D eigenvalue weighted by Gasteiger charge is 2.27. The molecule has 1 saturated heterocycles. The van der Waals surface area contributed by atoms with Crippen LogP contribution >= 0.6 is 0 Å². The average molecular weight is 378 g/mol. The maximum absolute atomic E-state index is 12.7. The van der Waals surface area contributed by atoms with Crippen molar-refractivity contribution >= 4 is 17.0 Å². The van der Waals surface area contributed by atoms with Gasteiger partial charge in [0.25, 0.3) is 0 Å². The maximum atomic E-state index is 12.7. The molecule has 7 nitrogen and oxygen atoms in total. The summed E-state index contributed by atoms with van der Waals surface area (Å²) in [5.41, 5.74) is 4.33. The Bertz CT molecular complexity index is 1090. The van der Waals surface area contributed by atoms with E-state index in [0.29, 0.717) is 5.92 Å². The van der Waals surface area contributed by atoms with Crippen molar-refractivity contribution in [3.63, 3.8) is 0 Å². The van der Waals surface area contributed by atoms with Crippen molar-refractivity contribution in [2.24, 2.45) is 13.0 Å². The smallest absolute Gasteiger partial charge is 0.330 e. The molecule has 1 fully saturated rings. The minimum Gasteiger partial charge on any atom is -0.356 e. The van der Waals surface area contributed by atoms with Gasteiger partial charge in [-0.3, -0.25) is 9.13 Å². The first kappa shape index (κ1) is 17.4. The van der Waals surface area contributed by atoms with Crippen molar-refractivity contribution < 1.29 is 0 Å². The molecule has 0 spiro atoms. The largest absolute Gasteiger partial charge is 0.356 e. The third-order valence-corrected chi connectivity index (χ3v) is 6.28. The number of imidazole rings is 1. The minimum absolute atomic E-state index is 0.0281. The van der Waals surface area contributed by atoms with Gasteiger partial charge < -0.3 is 4.90 Å². The van der Waals surface area contributed by atoms with Crippen LogP contribution in [-0.4, -0.2) is 37.2 Å². The molecule has 3 aromatic heterocycles. The van der Waals surface area contributed by atoms with Gasteiger partial charge in [-0.15, -0.1) is 0 Å². The molecule has 0 N–H and O–H groups in total. The molecule has 146 valence electrons. The molecule has 0 radical (unpaired) electrons. The van der Waals surface area contributed by atoms with E-state index in [1.54, 1.807) is 10.8 Å². The summed E-state index contributed by atoms with van der Waals surface area (Å²) in [6, 6.07) is 3.84. The average Bonchev–Trinajstić information content (AvgIpc) is 3.27. The number of aryl methyl sites for hydroxylation is 3. The molecule has 4 heterocycles. The zero-order valence-electron chi connectivity index (χ0n) is 16.6. The van der Waals surface area contributed by atoms with Gasteiger partial charge in [0.05, 0.1) is 5.52 Å². The van der Waals surface area contributed by atoms with Crippen LogP contribution in [0.1, 0.15) is 36.3 Å². The second-order valence-electron chi connectivity index (χ2n) is 8.10. The van der Waals surface area contributed by atoms with Crippen molar-refractivity contribution in [3.8, 4) is 0 Å². The number of fused-ring (bicyclic) bond motifs is 2.